The highest BCUT2D eigenvalue weighted by Crippen LogP contribution is 2.44. The van der Waals surface area contributed by atoms with Gasteiger partial charge in [0.1, 0.15) is 12.2 Å². The molecule has 3 atom stereocenters. The van der Waals surface area contributed by atoms with E-state index in [1.165, 1.54) is 5.56 Å². The Hall–Kier alpha value is -1.72. The molecule has 1 N–H and O–H groups in total. The first-order valence-corrected chi connectivity index (χ1v) is 8.94. The Morgan fingerprint density at radius 1 is 1.29 bits per heavy atom. The molecule has 2 heterocycles. The van der Waals surface area contributed by atoms with E-state index in [4.69, 9.17) is 4.74 Å². The predicted octanol–water partition coefficient (Wildman–Crippen LogP) is 3.09. The van der Waals surface area contributed by atoms with E-state index in [-0.39, 0.29) is 5.41 Å². The van der Waals surface area contributed by atoms with E-state index < -0.39 is 0 Å². The maximum atomic E-state index is 6.18. The lowest BCUT2D eigenvalue weighted by Gasteiger charge is -2.53. The summed E-state index contributed by atoms with van der Waals surface area (Å²) in [6.45, 7) is 6.29. The molecular formula is C19H26N4O. The molecule has 0 unspecified atom stereocenters. The van der Waals surface area contributed by atoms with Crippen molar-refractivity contribution in [3.05, 3.63) is 48.0 Å². The number of benzene rings is 1. The second-order valence-corrected chi connectivity index (χ2v) is 7.60. The summed E-state index contributed by atoms with van der Waals surface area (Å²) in [5.41, 5.74) is 1.38. The third-order valence-electron chi connectivity index (χ3n) is 5.69. The lowest BCUT2D eigenvalue weighted by Crippen LogP contribution is -2.61. The van der Waals surface area contributed by atoms with Crippen molar-refractivity contribution in [3.63, 3.8) is 0 Å². The van der Waals surface area contributed by atoms with Gasteiger partial charge in [-0.25, -0.2) is 9.67 Å². The molecule has 0 spiro atoms. The molecule has 4 rings (SSSR count). The molecule has 1 saturated carbocycles. The van der Waals surface area contributed by atoms with Gasteiger partial charge in [-0.05, 0) is 24.8 Å². The van der Waals surface area contributed by atoms with Crippen molar-refractivity contribution >= 4 is 0 Å². The third-order valence-corrected chi connectivity index (χ3v) is 5.69. The molecule has 2 aromatic rings. The molecule has 0 bridgehead atoms. The van der Waals surface area contributed by atoms with Crippen LogP contribution < -0.4 is 5.32 Å². The lowest BCUT2D eigenvalue weighted by atomic mass is 9.64. The fraction of sp³-hybridized carbons (Fsp3) is 0.579. The van der Waals surface area contributed by atoms with E-state index in [0.29, 0.717) is 24.8 Å². The van der Waals surface area contributed by atoms with Crippen molar-refractivity contribution in [1.82, 2.24) is 20.1 Å². The average molecular weight is 326 g/mol. The van der Waals surface area contributed by atoms with Gasteiger partial charge in [0.05, 0.1) is 18.8 Å². The van der Waals surface area contributed by atoms with Crippen LogP contribution in [0.5, 0.6) is 0 Å². The van der Waals surface area contributed by atoms with Crippen molar-refractivity contribution < 1.29 is 4.74 Å². The minimum Gasteiger partial charge on any atom is -0.373 e. The Bertz CT molecular complexity index is 682. The van der Waals surface area contributed by atoms with Crippen LogP contribution in [0.3, 0.4) is 0 Å². The number of aromatic nitrogens is 3. The Morgan fingerprint density at radius 2 is 2.12 bits per heavy atom. The van der Waals surface area contributed by atoms with Gasteiger partial charge in [-0.1, -0.05) is 44.2 Å². The number of ether oxygens (including phenoxy) is 1. The third kappa shape index (κ3) is 2.87. The lowest BCUT2D eigenvalue weighted by molar-refractivity contribution is -0.127. The summed E-state index contributed by atoms with van der Waals surface area (Å²) in [5, 5.41) is 8.13. The molecular weight excluding hydrogens is 300 g/mol. The number of fused-ring (bicyclic) bond motifs is 1. The van der Waals surface area contributed by atoms with E-state index in [0.717, 1.165) is 31.6 Å². The second-order valence-electron chi connectivity index (χ2n) is 7.60. The zero-order valence-electron chi connectivity index (χ0n) is 14.5. The van der Waals surface area contributed by atoms with E-state index in [2.05, 4.69) is 53.5 Å². The first-order chi connectivity index (χ1) is 11.6. The fourth-order valence-electron chi connectivity index (χ4n) is 3.91. The highest BCUT2D eigenvalue weighted by molar-refractivity contribution is 5.14. The van der Waals surface area contributed by atoms with Crippen LogP contribution in [0.4, 0.5) is 0 Å². The summed E-state index contributed by atoms with van der Waals surface area (Å²) in [6, 6.07) is 11.2. The van der Waals surface area contributed by atoms with E-state index in [9.17, 15) is 0 Å². The van der Waals surface area contributed by atoms with Gasteiger partial charge < -0.3 is 10.1 Å². The molecule has 1 aliphatic heterocycles. The Balaban J connectivity index is 1.34. The van der Waals surface area contributed by atoms with Crippen LogP contribution in [0, 0.1) is 5.41 Å². The Labute approximate surface area is 143 Å². The molecule has 1 aliphatic carbocycles. The molecule has 1 fully saturated rings. The average Bonchev–Trinajstić information content (AvgIpc) is 3.07. The van der Waals surface area contributed by atoms with E-state index >= 15 is 0 Å². The van der Waals surface area contributed by atoms with Crippen LogP contribution in [-0.4, -0.2) is 26.9 Å². The van der Waals surface area contributed by atoms with Crippen LogP contribution in [0.15, 0.2) is 36.7 Å². The molecule has 128 valence electrons. The maximum Gasteiger partial charge on any atom is 0.143 e. The summed E-state index contributed by atoms with van der Waals surface area (Å²) < 4.78 is 8.22. The van der Waals surface area contributed by atoms with Crippen LogP contribution in [-0.2, 0) is 17.9 Å². The fourth-order valence-corrected chi connectivity index (χ4v) is 3.91. The smallest absolute Gasteiger partial charge is 0.143 e. The van der Waals surface area contributed by atoms with Gasteiger partial charge in [0.15, 0.2) is 0 Å². The van der Waals surface area contributed by atoms with Gasteiger partial charge >= 0.3 is 0 Å². The predicted molar refractivity (Wildman–Crippen MR) is 92.3 cm³/mol. The minimum atomic E-state index is 0.136. The number of hydrogen-bond acceptors (Lipinski definition) is 4. The van der Waals surface area contributed by atoms with Crippen molar-refractivity contribution in [1.29, 1.82) is 0 Å². The van der Waals surface area contributed by atoms with Crippen molar-refractivity contribution in [2.45, 2.75) is 64.4 Å². The zero-order valence-corrected chi connectivity index (χ0v) is 14.5. The van der Waals surface area contributed by atoms with Gasteiger partial charge in [0.25, 0.3) is 0 Å². The summed E-state index contributed by atoms with van der Waals surface area (Å²) >= 11 is 0. The van der Waals surface area contributed by atoms with Crippen molar-refractivity contribution in [3.8, 4) is 0 Å². The normalized spacial score (nSPS) is 28.2. The maximum absolute atomic E-state index is 6.18. The summed E-state index contributed by atoms with van der Waals surface area (Å²) in [6.07, 6.45) is 5.34. The Kier molecular flexibility index (Phi) is 4.14. The molecule has 5 nitrogen and oxygen atoms in total. The molecule has 2 aliphatic rings. The highest BCUT2D eigenvalue weighted by atomic mass is 16.5. The first kappa shape index (κ1) is 15.8. The van der Waals surface area contributed by atoms with Gasteiger partial charge in [-0.15, -0.1) is 0 Å². The summed E-state index contributed by atoms with van der Waals surface area (Å²) in [4.78, 5) is 4.45. The van der Waals surface area contributed by atoms with Crippen molar-refractivity contribution in [2.24, 2.45) is 5.41 Å². The second kappa shape index (κ2) is 6.30. The standard InChI is InChI=1S/C19H26N4O/c1-19(2)16(11-17(19)24-12-14-7-4-3-5-8-14)22-15-9-6-10-23-18(15)20-13-21-23/h3-5,7-8,13,15-17,22H,6,9-12H2,1-2H3/t15-,16+,17-/m0/s1. The number of hydrogen-bond donors (Lipinski definition) is 1. The zero-order chi connectivity index (χ0) is 16.6. The summed E-state index contributed by atoms with van der Waals surface area (Å²) in [5.74, 6) is 1.09. The molecule has 0 saturated heterocycles. The van der Waals surface area contributed by atoms with Crippen molar-refractivity contribution in [2.75, 3.05) is 0 Å². The molecule has 1 aromatic carbocycles. The van der Waals surface area contributed by atoms with Crippen LogP contribution >= 0.6 is 0 Å². The Morgan fingerprint density at radius 3 is 2.92 bits per heavy atom. The number of nitrogens with zero attached hydrogens (tertiary/aromatic N) is 3. The van der Waals surface area contributed by atoms with E-state index in [1.54, 1.807) is 6.33 Å². The SMILES string of the molecule is CC1(C)[C@@H](OCc2ccccc2)C[C@H]1N[C@H]1CCCn2ncnc21. The number of nitrogens with one attached hydrogen (secondary N) is 1. The van der Waals surface area contributed by atoms with Gasteiger partial charge in [0.2, 0.25) is 0 Å². The van der Waals surface area contributed by atoms with Crippen LogP contribution in [0.2, 0.25) is 0 Å². The van der Waals surface area contributed by atoms with E-state index in [1.807, 2.05) is 10.7 Å². The number of rotatable bonds is 5. The number of aryl methyl sites for hydroxylation is 1. The largest absolute Gasteiger partial charge is 0.373 e. The molecule has 0 radical (unpaired) electrons. The first-order valence-electron chi connectivity index (χ1n) is 8.94. The monoisotopic (exact) mass is 326 g/mol. The molecule has 0 amide bonds. The summed E-state index contributed by atoms with van der Waals surface area (Å²) in [7, 11) is 0. The quantitative estimate of drug-likeness (QED) is 0.917. The highest BCUT2D eigenvalue weighted by Gasteiger charge is 2.49. The molecule has 5 heteroatoms. The minimum absolute atomic E-state index is 0.136. The van der Waals surface area contributed by atoms with Gasteiger partial charge in [-0.3, -0.25) is 0 Å². The van der Waals surface area contributed by atoms with Crippen LogP contribution in [0.1, 0.15) is 50.5 Å². The van der Waals surface area contributed by atoms with Crippen LogP contribution in [0.25, 0.3) is 0 Å². The van der Waals surface area contributed by atoms with Gasteiger partial charge in [0, 0.05) is 18.0 Å². The topological polar surface area (TPSA) is 52.0 Å². The van der Waals surface area contributed by atoms with Gasteiger partial charge in [-0.2, -0.15) is 5.10 Å². The molecule has 24 heavy (non-hydrogen) atoms. The molecule has 1 aromatic heterocycles.